The predicted octanol–water partition coefficient (Wildman–Crippen LogP) is -1.21. The molecule has 8 heteroatoms. The summed E-state index contributed by atoms with van der Waals surface area (Å²) in [6, 6.07) is 1.19. The van der Waals surface area contributed by atoms with Crippen LogP contribution in [0.25, 0.3) is 0 Å². The summed E-state index contributed by atoms with van der Waals surface area (Å²) in [6.07, 6.45) is 0.811. The molecule has 100 valence electrons. The number of rotatable bonds is 3. The van der Waals surface area contributed by atoms with Crippen molar-refractivity contribution >= 4 is 11.6 Å². The summed E-state index contributed by atoms with van der Waals surface area (Å²) in [5.41, 5.74) is -2.41. The van der Waals surface area contributed by atoms with Crippen molar-refractivity contribution < 1.29 is 14.9 Å². The Morgan fingerprint density at radius 3 is 2.67 bits per heavy atom. The van der Waals surface area contributed by atoms with Crippen LogP contribution in [0.3, 0.4) is 0 Å². The van der Waals surface area contributed by atoms with E-state index in [1.54, 1.807) is 0 Å². The summed E-state index contributed by atoms with van der Waals surface area (Å²) in [5, 5.41) is 17.9. The Kier molecular flexibility index (Phi) is 3.58. The fourth-order valence-electron chi connectivity index (χ4n) is 1.93. The average Bonchev–Trinajstić information content (AvgIpc) is 2.67. The number of nitrogens with one attached hydrogen (secondary N) is 1. The predicted molar refractivity (Wildman–Crippen MR) is 62.6 cm³/mol. The highest BCUT2D eigenvalue weighted by Crippen LogP contribution is 2.38. The fourth-order valence-corrected chi connectivity index (χ4v) is 2.27. The van der Waals surface area contributed by atoms with Gasteiger partial charge in [0.25, 0.3) is 5.56 Å². The number of aromatic nitrogens is 2. The molecule has 0 spiro atoms. The van der Waals surface area contributed by atoms with E-state index >= 15 is 0 Å². The van der Waals surface area contributed by atoms with E-state index in [1.165, 1.54) is 16.8 Å². The molecule has 2 rings (SSSR count). The zero-order valence-corrected chi connectivity index (χ0v) is 10.1. The van der Waals surface area contributed by atoms with E-state index in [0.29, 0.717) is 0 Å². The van der Waals surface area contributed by atoms with Gasteiger partial charge in [0.1, 0.15) is 11.8 Å². The molecular formula is C10H13ClN2O5. The zero-order chi connectivity index (χ0) is 13.3. The minimum atomic E-state index is -1.28. The molecule has 0 amide bonds. The lowest BCUT2D eigenvalue weighted by Gasteiger charge is -2.27. The molecule has 1 aliphatic rings. The van der Waals surface area contributed by atoms with E-state index in [0.717, 1.165) is 0 Å². The highest BCUT2D eigenvalue weighted by Gasteiger charge is 2.48. The smallest absolute Gasteiger partial charge is 0.330 e. The van der Waals surface area contributed by atoms with Crippen LogP contribution in [-0.4, -0.2) is 44.0 Å². The molecule has 1 saturated heterocycles. The highest BCUT2D eigenvalue weighted by atomic mass is 35.5. The third-order valence-electron chi connectivity index (χ3n) is 3.05. The van der Waals surface area contributed by atoms with Gasteiger partial charge in [0.05, 0.1) is 18.6 Å². The maximum absolute atomic E-state index is 11.6. The van der Waals surface area contributed by atoms with Crippen LogP contribution in [0.5, 0.6) is 0 Å². The molecule has 0 radical (unpaired) electrons. The van der Waals surface area contributed by atoms with Crippen molar-refractivity contribution in [3.8, 4) is 0 Å². The number of aliphatic hydroxyl groups excluding tert-OH is 2. The van der Waals surface area contributed by atoms with Crippen LogP contribution in [0.1, 0.15) is 12.6 Å². The first-order valence-corrected chi connectivity index (χ1v) is 5.81. The van der Waals surface area contributed by atoms with Crippen LogP contribution < -0.4 is 11.2 Å². The molecule has 18 heavy (non-hydrogen) atoms. The van der Waals surface area contributed by atoms with Crippen LogP contribution in [0.2, 0.25) is 0 Å². The van der Waals surface area contributed by atoms with Gasteiger partial charge in [-0.2, -0.15) is 0 Å². The van der Waals surface area contributed by atoms with Crippen molar-refractivity contribution in [2.75, 3.05) is 13.2 Å². The number of halogens is 1. The Bertz CT molecular complexity index is 536. The van der Waals surface area contributed by atoms with Crippen LogP contribution in [0, 0.1) is 0 Å². The van der Waals surface area contributed by atoms with Gasteiger partial charge in [-0.1, -0.05) is 0 Å². The number of hydrogen-bond acceptors (Lipinski definition) is 5. The molecule has 7 nitrogen and oxygen atoms in total. The summed E-state index contributed by atoms with van der Waals surface area (Å²) >= 11 is 6.03. The maximum Gasteiger partial charge on any atom is 0.330 e. The summed E-state index contributed by atoms with van der Waals surface area (Å²) < 4.78 is 6.65. The maximum atomic E-state index is 11.6. The largest absolute Gasteiger partial charge is 0.393 e. The molecule has 2 heterocycles. The number of alkyl halides is 1. The first-order chi connectivity index (χ1) is 8.52. The Balaban J connectivity index is 2.32. The van der Waals surface area contributed by atoms with Gasteiger partial charge in [-0.25, -0.2) is 4.79 Å². The second-order valence-corrected chi connectivity index (χ2v) is 4.70. The SMILES string of the molecule is O=c1ccn([C@H]2C[C@H](Cl)C(CO)(CO)O2)c(=O)[nH]1. The Morgan fingerprint density at radius 1 is 1.50 bits per heavy atom. The number of aliphatic hydroxyl groups is 2. The third-order valence-corrected chi connectivity index (χ3v) is 3.62. The van der Waals surface area contributed by atoms with Gasteiger partial charge in [-0.3, -0.25) is 14.3 Å². The molecule has 2 atom stereocenters. The first kappa shape index (κ1) is 13.3. The molecule has 1 aromatic rings. The molecule has 3 N–H and O–H groups in total. The normalized spacial score (nSPS) is 26.4. The molecule has 0 aliphatic carbocycles. The molecule has 1 aromatic heterocycles. The van der Waals surface area contributed by atoms with Crippen LogP contribution in [0.4, 0.5) is 0 Å². The highest BCUT2D eigenvalue weighted by molar-refractivity contribution is 6.21. The van der Waals surface area contributed by atoms with Crippen molar-refractivity contribution in [3.05, 3.63) is 33.1 Å². The molecule has 0 unspecified atom stereocenters. The van der Waals surface area contributed by atoms with Crippen molar-refractivity contribution in [1.29, 1.82) is 0 Å². The molecule has 1 aliphatic heterocycles. The number of ether oxygens (including phenoxy) is 1. The lowest BCUT2D eigenvalue weighted by Crippen LogP contribution is -2.44. The van der Waals surface area contributed by atoms with Gasteiger partial charge < -0.3 is 14.9 Å². The van der Waals surface area contributed by atoms with Crippen LogP contribution >= 0.6 is 11.6 Å². The quantitative estimate of drug-likeness (QED) is 0.601. The molecule has 1 fully saturated rings. The van der Waals surface area contributed by atoms with E-state index in [2.05, 4.69) is 4.98 Å². The van der Waals surface area contributed by atoms with E-state index in [-0.39, 0.29) is 6.42 Å². The summed E-state index contributed by atoms with van der Waals surface area (Å²) in [6.45, 7) is -0.904. The van der Waals surface area contributed by atoms with Gasteiger partial charge in [-0.05, 0) is 0 Å². The molecule has 0 saturated carbocycles. The lowest BCUT2D eigenvalue weighted by molar-refractivity contribution is -0.121. The molecule has 0 bridgehead atoms. The van der Waals surface area contributed by atoms with E-state index in [9.17, 15) is 19.8 Å². The minimum absolute atomic E-state index is 0.245. The number of hydrogen-bond donors (Lipinski definition) is 3. The monoisotopic (exact) mass is 276 g/mol. The van der Waals surface area contributed by atoms with Crippen molar-refractivity contribution in [2.24, 2.45) is 0 Å². The van der Waals surface area contributed by atoms with Crippen LogP contribution in [0.15, 0.2) is 21.9 Å². The zero-order valence-electron chi connectivity index (χ0n) is 9.38. The molecular weight excluding hydrogens is 264 g/mol. The topological polar surface area (TPSA) is 105 Å². The van der Waals surface area contributed by atoms with Crippen LogP contribution in [-0.2, 0) is 4.74 Å². The van der Waals surface area contributed by atoms with Gasteiger partial charge in [-0.15, -0.1) is 11.6 Å². The first-order valence-electron chi connectivity index (χ1n) is 5.37. The summed E-state index contributed by atoms with van der Waals surface area (Å²) in [7, 11) is 0. The van der Waals surface area contributed by atoms with Gasteiger partial charge in [0.2, 0.25) is 0 Å². The standard InChI is InChI=1S/C10H13ClN2O5/c11-6-3-8(18-10(6,4-14)5-15)13-2-1-7(16)12-9(13)17/h1-2,6,8,14-15H,3-5H2,(H,12,16,17)/t6-,8+/m0/s1. The minimum Gasteiger partial charge on any atom is -0.393 e. The van der Waals surface area contributed by atoms with E-state index in [4.69, 9.17) is 16.3 Å². The van der Waals surface area contributed by atoms with Gasteiger partial charge >= 0.3 is 5.69 Å². The van der Waals surface area contributed by atoms with Crippen molar-refractivity contribution in [1.82, 2.24) is 9.55 Å². The Morgan fingerprint density at radius 2 is 2.17 bits per heavy atom. The summed E-state index contributed by atoms with van der Waals surface area (Å²) in [4.78, 5) is 24.6. The third kappa shape index (κ3) is 2.10. The van der Waals surface area contributed by atoms with E-state index < -0.39 is 41.7 Å². The molecule has 0 aromatic carbocycles. The second kappa shape index (κ2) is 4.85. The fraction of sp³-hybridized carbons (Fsp3) is 0.600. The summed E-state index contributed by atoms with van der Waals surface area (Å²) in [5.74, 6) is 0. The Labute approximate surface area is 107 Å². The van der Waals surface area contributed by atoms with Crippen molar-refractivity contribution in [2.45, 2.75) is 23.6 Å². The number of H-pyrrole nitrogens is 1. The van der Waals surface area contributed by atoms with E-state index in [1.807, 2.05) is 0 Å². The number of nitrogens with zero attached hydrogens (tertiary/aromatic N) is 1. The van der Waals surface area contributed by atoms with Crippen molar-refractivity contribution in [3.63, 3.8) is 0 Å². The number of aromatic amines is 1. The average molecular weight is 277 g/mol. The lowest BCUT2D eigenvalue weighted by atomic mass is 10.0. The van der Waals surface area contributed by atoms with Gasteiger partial charge in [0, 0.05) is 18.7 Å². The Hall–Kier alpha value is -1.15. The van der Waals surface area contributed by atoms with Gasteiger partial charge in [0.15, 0.2) is 0 Å². The second-order valence-electron chi connectivity index (χ2n) is 4.17.